The van der Waals surface area contributed by atoms with E-state index >= 15 is 0 Å². The molecule has 25 heavy (non-hydrogen) atoms. The number of amides is 1. The quantitative estimate of drug-likeness (QED) is 0.454. The van der Waals surface area contributed by atoms with Crippen molar-refractivity contribution in [2.45, 2.75) is 13.0 Å². The van der Waals surface area contributed by atoms with Crippen LogP contribution in [0.25, 0.3) is 10.1 Å². The van der Waals surface area contributed by atoms with E-state index in [4.69, 9.17) is 4.42 Å². The molecule has 3 heterocycles. The molecular formula is C20H17NO2S2. The van der Waals surface area contributed by atoms with Crippen LogP contribution in [0.4, 0.5) is 0 Å². The van der Waals surface area contributed by atoms with E-state index in [2.05, 4.69) is 23.6 Å². The second-order valence-electron chi connectivity index (χ2n) is 5.84. The van der Waals surface area contributed by atoms with Crippen LogP contribution in [-0.4, -0.2) is 17.4 Å². The summed E-state index contributed by atoms with van der Waals surface area (Å²) in [7, 11) is 0. The Bertz CT molecular complexity index is 922. The van der Waals surface area contributed by atoms with Crippen LogP contribution in [0, 0.1) is 0 Å². The molecule has 4 rings (SSSR count). The Kier molecular flexibility index (Phi) is 4.68. The summed E-state index contributed by atoms with van der Waals surface area (Å²) >= 11 is 3.29. The Morgan fingerprint density at radius 3 is 2.80 bits per heavy atom. The molecule has 0 atom stereocenters. The molecule has 0 N–H and O–H groups in total. The third-order valence-corrected chi connectivity index (χ3v) is 6.13. The Labute approximate surface area is 154 Å². The number of carbonyl (C=O) groups is 1. The van der Waals surface area contributed by atoms with E-state index in [-0.39, 0.29) is 5.91 Å². The fourth-order valence-electron chi connectivity index (χ4n) is 2.80. The number of fused-ring (bicyclic) bond motifs is 1. The summed E-state index contributed by atoms with van der Waals surface area (Å²) in [5.41, 5.74) is 1.01. The summed E-state index contributed by atoms with van der Waals surface area (Å²) in [6.07, 6.45) is 4.22. The molecule has 3 aromatic heterocycles. The number of carbonyl (C=O) groups excluding carboxylic acids is 1. The van der Waals surface area contributed by atoms with E-state index in [1.807, 2.05) is 35.2 Å². The van der Waals surface area contributed by atoms with Gasteiger partial charge in [-0.15, -0.1) is 22.7 Å². The van der Waals surface area contributed by atoms with Crippen molar-refractivity contribution in [2.75, 3.05) is 6.54 Å². The molecule has 126 valence electrons. The summed E-state index contributed by atoms with van der Waals surface area (Å²) in [6, 6.07) is 16.2. The van der Waals surface area contributed by atoms with E-state index in [0.29, 0.717) is 13.1 Å². The number of nitrogens with zero attached hydrogens (tertiary/aromatic N) is 1. The van der Waals surface area contributed by atoms with Crippen molar-refractivity contribution in [3.05, 3.63) is 81.8 Å². The molecule has 0 radical (unpaired) electrons. The maximum Gasteiger partial charge on any atom is 0.264 e. The second kappa shape index (κ2) is 7.25. The van der Waals surface area contributed by atoms with Gasteiger partial charge in [-0.05, 0) is 41.5 Å². The molecular weight excluding hydrogens is 350 g/mol. The number of hydrogen-bond donors (Lipinski definition) is 0. The lowest BCUT2D eigenvalue weighted by molar-refractivity contribution is 0.0750. The van der Waals surface area contributed by atoms with E-state index in [0.717, 1.165) is 26.9 Å². The van der Waals surface area contributed by atoms with Gasteiger partial charge in [-0.3, -0.25) is 4.79 Å². The van der Waals surface area contributed by atoms with Crippen LogP contribution in [-0.2, 0) is 13.0 Å². The van der Waals surface area contributed by atoms with Gasteiger partial charge in [-0.2, -0.15) is 0 Å². The van der Waals surface area contributed by atoms with Crippen molar-refractivity contribution in [3.63, 3.8) is 0 Å². The Morgan fingerprint density at radius 1 is 1.12 bits per heavy atom. The van der Waals surface area contributed by atoms with E-state index in [1.165, 1.54) is 4.88 Å². The first-order valence-electron chi connectivity index (χ1n) is 8.11. The summed E-state index contributed by atoms with van der Waals surface area (Å²) in [4.78, 5) is 17.1. The molecule has 0 saturated heterocycles. The first-order chi connectivity index (χ1) is 12.3. The van der Waals surface area contributed by atoms with Gasteiger partial charge in [-0.25, -0.2) is 0 Å². The number of furan rings is 1. The van der Waals surface area contributed by atoms with Crippen molar-refractivity contribution >= 4 is 38.7 Å². The van der Waals surface area contributed by atoms with E-state index in [9.17, 15) is 4.79 Å². The standard InChI is InChI=1S/C20H17NO2S2/c22-20(19-12-16-4-1-2-6-18(16)25-19)21(13-15-8-10-23-14-15)9-7-17-5-3-11-24-17/h1-6,8,10-12,14H,7,9,13H2. The monoisotopic (exact) mass is 367 g/mol. The van der Waals surface area contributed by atoms with Crippen molar-refractivity contribution in [3.8, 4) is 0 Å². The van der Waals surface area contributed by atoms with Gasteiger partial charge in [0.1, 0.15) is 0 Å². The lowest BCUT2D eigenvalue weighted by atomic mass is 10.2. The first kappa shape index (κ1) is 16.1. The summed E-state index contributed by atoms with van der Waals surface area (Å²) in [6.45, 7) is 1.26. The van der Waals surface area contributed by atoms with Gasteiger partial charge >= 0.3 is 0 Å². The largest absolute Gasteiger partial charge is 0.472 e. The van der Waals surface area contributed by atoms with Crippen LogP contribution in [0.1, 0.15) is 20.1 Å². The average Bonchev–Trinajstić information content (AvgIpc) is 3.39. The molecule has 0 aliphatic carbocycles. The van der Waals surface area contributed by atoms with Gasteiger partial charge in [0.15, 0.2) is 0 Å². The van der Waals surface area contributed by atoms with E-state index < -0.39 is 0 Å². The van der Waals surface area contributed by atoms with Crippen LogP contribution in [0.15, 0.2) is 70.9 Å². The third kappa shape index (κ3) is 3.67. The average molecular weight is 367 g/mol. The lowest BCUT2D eigenvalue weighted by Crippen LogP contribution is -2.31. The minimum absolute atomic E-state index is 0.0824. The summed E-state index contributed by atoms with van der Waals surface area (Å²) in [5, 5.41) is 3.20. The predicted molar refractivity (Wildman–Crippen MR) is 103 cm³/mol. The summed E-state index contributed by atoms with van der Waals surface area (Å²) < 4.78 is 6.31. The topological polar surface area (TPSA) is 33.5 Å². The van der Waals surface area contributed by atoms with Gasteiger partial charge in [0.25, 0.3) is 5.91 Å². The fraction of sp³-hybridized carbons (Fsp3) is 0.150. The normalized spacial score (nSPS) is 11.0. The zero-order valence-electron chi connectivity index (χ0n) is 13.6. The Hall–Kier alpha value is -2.37. The van der Waals surface area contributed by atoms with Crippen molar-refractivity contribution < 1.29 is 9.21 Å². The Morgan fingerprint density at radius 2 is 2.04 bits per heavy atom. The zero-order chi connectivity index (χ0) is 17.1. The first-order valence-corrected chi connectivity index (χ1v) is 9.80. The highest BCUT2D eigenvalue weighted by Gasteiger charge is 2.19. The van der Waals surface area contributed by atoms with Crippen LogP contribution in [0.2, 0.25) is 0 Å². The smallest absolute Gasteiger partial charge is 0.264 e. The highest BCUT2D eigenvalue weighted by Crippen LogP contribution is 2.27. The molecule has 0 bridgehead atoms. The molecule has 3 nitrogen and oxygen atoms in total. The maximum atomic E-state index is 13.1. The molecule has 4 aromatic rings. The molecule has 0 fully saturated rings. The predicted octanol–water partition coefficient (Wildman–Crippen LogP) is 5.44. The second-order valence-corrected chi connectivity index (χ2v) is 7.95. The molecule has 0 saturated carbocycles. The summed E-state index contributed by atoms with van der Waals surface area (Å²) in [5.74, 6) is 0.0824. The number of rotatable bonds is 6. The van der Waals surface area contributed by atoms with Crippen molar-refractivity contribution in [2.24, 2.45) is 0 Å². The zero-order valence-corrected chi connectivity index (χ0v) is 15.2. The van der Waals surface area contributed by atoms with Crippen LogP contribution in [0.3, 0.4) is 0 Å². The van der Waals surface area contributed by atoms with Crippen LogP contribution < -0.4 is 0 Å². The van der Waals surface area contributed by atoms with Gasteiger partial charge < -0.3 is 9.32 Å². The Balaban J connectivity index is 1.57. The molecule has 5 heteroatoms. The SMILES string of the molecule is O=C(c1cc2ccccc2s1)N(CCc1cccs1)Cc1ccoc1. The minimum atomic E-state index is 0.0824. The molecule has 0 spiro atoms. The van der Waals surface area contributed by atoms with Gasteiger partial charge in [0.2, 0.25) is 0 Å². The minimum Gasteiger partial charge on any atom is -0.472 e. The molecule has 0 aliphatic rings. The fourth-order valence-corrected chi connectivity index (χ4v) is 4.53. The van der Waals surface area contributed by atoms with Crippen molar-refractivity contribution in [1.29, 1.82) is 0 Å². The highest BCUT2D eigenvalue weighted by molar-refractivity contribution is 7.20. The molecule has 1 amide bonds. The molecule has 0 unspecified atom stereocenters. The van der Waals surface area contributed by atoms with Gasteiger partial charge in [0.05, 0.1) is 17.4 Å². The van der Waals surface area contributed by atoms with Crippen molar-refractivity contribution in [1.82, 2.24) is 4.90 Å². The van der Waals surface area contributed by atoms with Gasteiger partial charge in [0, 0.05) is 28.2 Å². The number of hydrogen-bond acceptors (Lipinski definition) is 4. The van der Waals surface area contributed by atoms with E-state index in [1.54, 1.807) is 35.2 Å². The maximum absolute atomic E-state index is 13.1. The highest BCUT2D eigenvalue weighted by atomic mass is 32.1. The molecule has 1 aromatic carbocycles. The van der Waals surface area contributed by atoms with Gasteiger partial charge in [-0.1, -0.05) is 24.3 Å². The molecule has 0 aliphatic heterocycles. The number of benzene rings is 1. The lowest BCUT2D eigenvalue weighted by Gasteiger charge is -2.21. The number of thiophene rings is 2. The van der Waals surface area contributed by atoms with Crippen LogP contribution >= 0.6 is 22.7 Å². The third-order valence-electron chi connectivity index (χ3n) is 4.09. The van der Waals surface area contributed by atoms with Crippen LogP contribution in [0.5, 0.6) is 0 Å².